The molecule has 1 aliphatic heterocycles. The molecule has 0 bridgehead atoms. The third kappa shape index (κ3) is 1.73. The molecular formula is C14H17FO2. The number of rotatable bonds is 2. The van der Waals surface area contributed by atoms with Crippen LogP contribution in [0.25, 0.3) is 0 Å². The van der Waals surface area contributed by atoms with Gasteiger partial charge < -0.3 is 9.84 Å². The molecule has 1 fully saturated rings. The molecule has 2 atom stereocenters. The van der Waals surface area contributed by atoms with Crippen LogP contribution in [0.4, 0.5) is 4.39 Å². The van der Waals surface area contributed by atoms with E-state index >= 15 is 0 Å². The lowest BCUT2D eigenvalue weighted by Crippen LogP contribution is -2.42. The minimum atomic E-state index is -0.602. The number of fused-ring (bicyclic) bond motifs is 1. The zero-order valence-corrected chi connectivity index (χ0v) is 9.95. The molecule has 0 amide bonds. The van der Waals surface area contributed by atoms with Crippen molar-refractivity contribution >= 4 is 0 Å². The Morgan fingerprint density at radius 1 is 1.47 bits per heavy atom. The van der Waals surface area contributed by atoms with Gasteiger partial charge in [0, 0.05) is 12.0 Å². The van der Waals surface area contributed by atoms with Crippen molar-refractivity contribution in [1.29, 1.82) is 0 Å². The van der Waals surface area contributed by atoms with E-state index in [4.69, 9.17) is 4.74 Å². The Hall–Kier alpha value is -1.09. The van der Waals surface area contributed by atoms with E-state index in [9.17, 15) is 9.50 Å². The lowest BCUT2D eigenvalue weighted by molar-refractivity contribution is -0.0329. The van der Waals surface area contributed by atoms with Crippen LogP contribution in [0.5, 0.6) is 5.75 Å². The van der Waals surface area contributed by atoms with E-state index in [1.165, 1.54) is 25.0 Å². The molecule has 3 rings (SSSR count). The van der Waals surface area contributed by atoms with Crippen LogP contribution >= 0.6 is 0 Å². The lowest BCUT2D eigenvalue weighted by Gasteiger charge is -2.40. The maximum absolute atomic E-state index is 13.1. The van der Waals surface area contributed by atoms with E-state index < -0.39 is 6.10 Å². The fraction of sp³-hybridized carbons (Fsp3) is 0.571. The van der Waals surface area contributed by atoms with Gasteiger partial charge in [0.05, 0.1) is 6.10 Å². The van der Waals surface area contributed by atoms with Crippen LogP contribution in [0.2, 0.25) is 0 Å². The van der Waals surface area contributed by atoms with E-state index in [1.807, 2.05) is 0 Å². The Morgan fingerprint density at radius 2 is 2.24 bits per heavy atom. The summed E-state index contributed by atoms with van der Waals surface area (Å²) in [5.74, 6) is 0.890. The van der Waals surface area contributed by atoms with Crippen molar-refractivity contribution in [3.05, 3.63) is 29.6 Å². The van der Waals surface area contributed by atoms with Gasteiger partial charge in [0.25, 0.3) is 0 Å². The zero-order valence-electron chi connectivity index (χ0n) is 9.95. The Balaban J connectivity index is 1.99. The summed E-state index contributed by atoms with van der Waals surface area (Å²) in [5, 5.41) is 10.2. The minimum absolute atomic E-state index is 0.232. The predicted octanol–water partition coefficient (Wildman–Crippen LogP) is 3.20. The van der Waals surface area contributed by atoms with Crippen molar-refractivity contribution in [2.24, 2.45) is 5.92 Å². The molecule has 1 heterocycles. The summed E-state index contributed by atoms with van der Waals surface area (Å²) in [6.07, 6.45) is 3.24. The van der Waals surface area contributed by atoms with E-state index in [-0.39, 0.29) is 11.4 Å². The van der Waals surface area contributed by atoms with Crippen LogP contribution in [0.15, 0.2) is 18.2 Å². The predicted molar refractivity (Wildman–Crippen MR) is 62.4 cm³/mol. The first-order chi connectivity index (χ1) is 8.14. The van der Waals surface area contributed by atoms with Crippen molar-refractivity contribution in [2.45, 2.75) is 44.3 Å². The number of hydrogen-bond acceptors (Lipinski definition) is 2. The monoisotopic (exact) mass is 236 g/mol. The topological polar surface area (TPSA) is 29.5 Å². The fourth-order valence-electron chi connectivity index (χ4n) is 2.94. The second-order valence-electron chi connectivity index (χ2n) is 5.20. The average Bonchev–Trinajstić information content (AvgIpc) is 3.14. The van der Waals surface area contributed by atoms with E-state index in [2.05, 4.69) is 6.92 Å². The molecule has 3 heteroatoms. The number of hydrogen-bond donors (Lipinski definition) is 1. The molecule has 0 spiro atoms. The van der Waals surface area contributed by atoms with E-state index in [0.717, 1.165) is 6.42 Å². The molecular weight excluding hydrogens is 219 g/mol. The van der Waals surface area contributed by atoms with Crippen LogP contribution in [0, 0.1) is 11.7 Å². The lowest BCUT2D eigenvalue weighted by atomic mass is 9.83. The Bertz CT molecular complexity index is 442. The third-order valence-electron chi connectivity index (χ3n) is 4.10. The number of halogens is 1. The van der Waals surface area contributed by atoms with Crippen molar-refractivity contribution in [1.82, 2.24) is 0 Å². The molecule has 2 nitrogen and oxygen atoms in total. The summed E-state index contributed by atoms with van der Waals surface area (Å²) in [5.41, 5.74) is 0.360. The van der Waals surface area contributed by atoms with Gasteiger partial charge in [-0.15, -0.1) is 0 Å². The summed E-state index contributed by atoms with van der Waals surface area (Å²) in [4.78, 5) is 0. The molecule has 1 aliphatic carbocycles. The second-order valence-corrected chi connectivity index (χ2v) is 5.20. The minimum Gasteiger partial charge on any atom is -0.487 e. The number of ether oxygens (including phenoxy) is 1. The van der Waals surface area contributed by atoms with Gasteiger partial charge in [0.15, 0.2) is 0 Å². The normalized spacial score (nSPS) is 31.8. The summed E-state index contributed by atoms with van der Waals surface area (Å²) in [6.45, 7) is 2.10. The summed E-state index contributed by atoms with van der Waals surface area (Å²) in [6, 6.07) is 4.41. The van der Waals surface area contributed by atoms with Gasteiger partial charge in [-0.2, -0.15) is 0 Å². The quantitative estimate of drug-likeness (QED) is 0.854. The Kier molecular flexibility index (Phi) is 2.40. The van der Waals surface area contributed by atoms with Gasteiger partial charge in [0.2, 0.25) is 0 Å². The molecule has 1 saturated carbocycles. The second kappa shape index (κ2) is 3.70. The Labute approximate surface area is 100 Å². The van der Waals surface area contributed by atoms with Crippen molar-refractivity contribution in [2.75, 3.05) is 0 Å². The molecule has 92 valence electrons. The number of benzene rings is 1. The summed E-state index contributed by atoms with van der Waals surface area (Å²) >= 11 is 0. The highest BCUT2D eigenvalue weighted by molar-refractivity contribution is 5.39. The van der Waals surface area contributed by atoms with Crippen LogP contribution in [-0.2, 0) is 0 Å². The summed E-state index contributed by atoms with van der Waals surface area (Å²) in [7, 11) is 0. The van der Waals surface area contributed by atoms with E-state index in [1.54, 1.807) is 6.07 Å². The average molecular weight is 236 g/mol. The summed E-state index contributed by atoms with van der Waals surface area (Å²) < 4.78 is 19.2. The first-order valence-corrected chi connectivity index (χ1v) is 6.31. The zero-order chi connectivity index (χ0) is 12.0. The molecule has 1 N–H and O–H groups in total. The Morgan fingerprint density at radius 3 is 2.88 bits per heavy atom. The molecule has 0 saturated heterocycles. The molecule has 0 aromatic heterocycles. The molecule has 0 radical (unpaired) electrons. The van der Waals surface area contributed by atoms with Crippen molar-refractivity contribution in [3.63, 3.8) is 0 Å². The van der Waals surface area contributed by atoms with E-state index in [0.29, 0.717) is 23.7 Å². The van der Waals surface area contributed by atoms with Crippen LogP contribution < -0.4 is 4.74 Å². The molecule has 2 aliphatic rings. The van der Waals surface area contributed by atoms with Crippen molar-refractivity contribution in [3.8, 4) is 5.75 Å². The van der Waals surface area contributed by atoms with Gasteiger partial charge in [-0.1, -0.05) is 6.92 Å². The van der Waals surface area contributed by atoms with Crippen LogP contribution in [0.1, 0.15) is 44.3 Å². The third-order valence-corrected chi connectivity index (χ3v) is 4.10. The fourth-order valence-corrected chi connectivity index (χ4v) is 2.94. The highest BCUT2D eigenvalue weighted by Gasteiger charge is 2.50. The highest BCUT2D eigenvalue weighted by Crippen LogP contribution is 2.52. The number of aliphatic hydroxyl groups is 1. The van der Waals surface area contributed by atoms with Crippen LogP contribution in [-0.4, -0.2) is 10.7 Å². The standard InChI is InChI=1S/C14H17FO2/c1-2-14(9-3-4-9)8-12(16)11-7-10(15)5-6-13(11)17-14/h5-7,9,12,16H,2-4,8H2,1H3/t12-,14?/m0/s1. The first kappa shape index (κ1) is 11.0. The maximum Gasteiger partial charge on any atom is 0.126 e. The maximum atomic E-state index is 13.1. The van der Waals surface area contributed by atoms with Crippen molar-refractivity contribution < 1.29 is 14.2 Å². The van der Waals surface area contributed by atoms with Gasteiger partial charge in [-0.05, 0) is 43.4 Å². The first-order valence-electron chi connectivity index (χ1n) is 6.31. The highest BCUT2D eigenvalue weighted by atomic mass is 19.1. The van der Waals surface area contributed by atoms with Gasteiger partial charge in [0.1, 0.15) is 17.2 Å². The smallest absolute Gasteiger partial charge is 0.126 e. The molecule has 1 unspecified atom stereocenters. The number of aliphatic hydroxyl groups excluding tert-OH is 1. The van der Waals surface area contributed by atoms with Gasteiger partial charge >= 0.3 is 0 Å². The molecule has 17 heavy (non-hydrogen) atoms. The van der Waals surface area contributed by atoms with Crippen LogP contribution in [0.3, 0.4) is 0 Å². The van der Waals surface area contributed by atoms with Gasteiger partial charge in [-0.3, -0.25) is 0 Å². The SMILES string of the molecule is CCC1(C2CC2)C[C@H](O)c2cc(F)ccc2O1. The molecule has 1 aromatic rings. The molecule has 1 aromatic carbocycles. The largest absolute Gasteiger partial charge is 0.487 e. The van der Waals surface area contributed by atoms with Gasteiger partial charge in [-0.25, -0.2) is 4.39 Å².